The first kappa shape index (κ1) is 21.5. The predicted octanol–water partition coefficient (Wildman–Crippen LogP) is 6.04. The number of carbonyl (C=O) groups excluding carboxylic acids is 1. The minimum atomic E-state index is -0.490. The average Bonchev–Trinajstić information content (AvgIpc) is 2.61. The molecule has 2 rings (SSSR count). The van der Waals surface area contributed by atoms with Gasteiger partial charge in [0, 0.05) is 11.4 Å². The Bertz CT molecular complexity index is 710. The van der Waals surface area contributed by atoms with Gasteiger partial charge < -0.3 is 10.1 Å². The van der Waals surface area contributed by atoms with Crippen molar-refractivity contribution in [1.82, 2.24) is 5.32 Å². The van der Waals surface area contributed by atoms with E-state index in [4.69, 9.17) is 4.74 Å². The van der Waals surface area contributed by atoms with Crippen molar-refractivity contribution in [3.8, 4) is 0 Å². The van der Waals surface area contributed by atoms with E-state index in [2.05, 4.69) is 57.6 Å². The van der Waals surface area contributed by atoms with E-state index in [1.807, 2.05) is 39.0 Å². The molecule has 0 bridgehead atoms. The van der Waals surface area contributed by atoms with Gasteiger partial charge in [-0.15, -0.1) is 0 Å². The summed E-state index contributed by atoms with van der Waals surface area (Å²) in [6.07, 6.45) is 3.38. The number of halogens is 1. The zero-order valence-corrected chi connectivity index (χ0v) is 18.1. The molecule has 2 aromatic carbocycles. The maximum Gasteiger partial charge on any atom is 0.407 e. The van der Waals surface area contributed by atoms with Crippen LogP contribution in [0.5, 0.6) is 0 Å². The maximum absolute atomic E-state index is 12.3. The summed E-state index contributed by atoms with van der Waals surface area (Å²) in [4.78, 5) is 12.3. The lowest BCUT2D eigenvalue weighted by molar-refractivity contribution is 0.0501. The number of ether oxygens (including phenoxy) is 1. The second kappa shape index (κ2) is 10.5. The summed E-state index contributed by atoms with van der Waals surface area (Å²) in [6, 6.07) is 18.8. The summed E-state index contributed by atoms with van der Waals surface area (Å²) in [5.74, 6) is 0. The fourth-order valence-corrected chi connectivity index (χ4v) is 3.62. The fraction of sp³-hybridized carbons (Fsp3) is 0.435. The van der Waals surface area contributed by atoms with Gasteiger partial charge in [-0.25, -0.2) is 4.79 Å². The molecule has 27 heavy (non-hydrogen) atoms. The highest BCUT2D eigenvalue weighted by Crippen LogP contribution is 2.17. The number of benzene rings is 2. The third kappa shape index (κ3) is 8.17. The molecule has 1 amide bonds. The minimum absolute atomic E-state index is 0.0541. The van der Waals surface area contributed by atoms with Crippen molar-refractivity contribution in [2.24, 2.45) is 0 Å². The van der Waals surface area contributed by atoms with Crippen LogP contribution >= 0.6 is 15.9 Å². The molecule has 0 spiro atoms. The number of amides is 1. The maximum atomic E-state index is 12.3. The highest BCUT2D eigenvalue weighted by molar-refractivity contribution is 9.08. The van der Waals surface area contributed by atoms with Crippen molar-refractivity contribution in [3.05, 3.63) is 71.3 Å². The first-order valence-corrected chi connectivity index (χ1v) is 10.7. The van der Waals surface area contributed by atoms with Crippen LogP contribution in [0.25, 0.3) is 0 Å². The average molecular weight is 432 g/mol. The standard InChI is InChI=1S/C23H30BrNO2/c1-23(2,3)27-22(26)25-21(16-18-10-5-4-6-11-18)15-9-14-19-12-7-8-13-20(19)17-24/h4-8,10-13,21H,9,14-17H2,1-3H3,(H,25,26). The molecule has 4 heteroatoms. The molecule has 0 heterocycles. The van der Waals surface area contributed by atoms with Gasteiger partial charge in [-0.2, -0.15) is 0 Å². The van der Waals surface area contributed by atoms with Crippen molar-refractivity contribution < 1.29 is 9.53 Å². The Morgan fingerprint density at radius 2 is 1.67 bits per heavy atom. The summed E-state index contributed by atoms with van der Waals surface area (Å²) in [5.41, 5.74) is 3.43. The number of hydrogen-bond acceptors (Lipinski definition) is 2. The van der Waals surface area contributed by atoms with Crippen molar-refractivity contribution in [1.29, 1.82) is 0 Å². The Balaban J connectivity index is 1.97. The lowest BCUT2D eigenvalue weighted by Gasteiger charge is -2.24. The molecule has 1 unspecified atom stereocenters. The van der Waals surface area contributed by atoms with Gasteiger partial charge in [0.25, 0.3) is 0 Å². The van der Waals surface area contributed by atoms with E-state index in [1.54, 1.807) is 0 Å². The van der Waals surface area contributed by atoms with Crippen LogP contribution in [-0.2, 0) is 22.9 Å². The summed E-state index contributed by atoms with van der Waals surface area (Å²) in [7, 11) is 0. The number of nitrogens with one attached hydrogen (secondary N) is 1. The first-order valence-electron chi connectivity index (χ1n) is 9.53. The summed E-state index contributed by atoms with van der Waals surface area (Å²) in [6.45, 7) is 5.65. The van der Waals surface area contributed by atoms with Crippen LogP contribution in [0.1, 0.15) is 50.3 Å². The molecule has 0 radical (unpaired) electrons. The van der Waals surface area contributed by atoms with Crippen LogP contribution in [0.4, 0.5) is 4.79 Å². The number of alkyl carbamates (subject to hydrolysis) is 1. The van der Waals surface area contributed by atoms with Crippen molar-refractivity contribution >= 4 is 22.0 Å². The van der Waals surface area contributed by atoms with Gasteiger partial charge in [0.05, 0.1) is 0 Å². The first-order chi connectivity index (χ1) is 12.9. The van der Waals surface area contributed by atoms with Crippen molar-refractivity contribution in [2.45, 2.75) is 63.4 Å². The Hall–Kier alpha value is -1.81. The minimum Gasteiger partial charge on any atom is -0.444 e. The van der Waals surface area contributed by atoms with E-state index in [9.17, 15) is 4.79 Å². The molecule has 0 aliphatic carbocycles. The monoisotopic (exact) mass is 431 g/mol. The fourth-order valence-electron chi connectivity index (χ4n) is 3.07. The quantitative estimate of drug-likeness (QED) is 0.517. The normalized spacial score (nSPS) is 12.4. The van der Waals surface area contributed by atoms with Gasteiger partial charge in [-0.1, -0.05) is 70.5 Å². The van der Waals surface area contributed by atoms with E-state index in [0.29, 0.717) is 0 Å². The van der Waals surface area contributed by atoms with E-state index < -0.39 is 5.60 Å². The predicted molar refractivity (Wildman–Crippen MR) is 115 cm³/mol. The molecule has 0 aliphatic heterocycles. The second-order valence-corrected chi connectivity index (χ2v) is 8.39. The smallest absolute Gasteiger partial charge is 0.407 e. The number of rotatable bonds is 8. The molecule has 3 nitrogen and oxygen atoms in total. The zero-order chi connectivity index (χ0) is 19.7. The summed E-state index contributed by atoms with van der Waals surface area (Å²) >= 11 is 3.56. The lowest BCUT2D eigenvalue weighted by atomic mass is 9.97. The van der Waals surface area contributed by atoms with Crippen LogP contribution in [-0.4, -0.2) is 17.7 Å². The van der Waals surface area contributed by atoms with Gasteiger partial charge in [0.2, 0.25) is 0 Å². The molecule has 146 valence electrons. The van der Waals surface area contributed by atoms with Crippen molar-refractivity contribution in [2.75, 3.05) is 0 Å². The van der Waals surface area contributed by atoms with Gasteiger partial charge in [-0.3, -0.25) is 0 Å². The second-order valence-electron chi connectivity index (χ2n) is 7.83. The molecule has 1 atom stereocenters. The van der Waals surface area contributed by atoms with E-state index in [0.717, 1.165) is 31.0 Å². The SMILES string of the molecule is CC(C)(C)OC(=O)NC(CCCc1ccccc1CBr)Cc1ccccc1. The molecule has 0 saturated heterocycles. The number of carbonyl (C=O) groups is 1. The van der Waals surface area contributed by atoms with Gasteiger partial charge in [0.15, 0.2) is 0 Å². The Kier molecular flexibility index (Phi) is 8.36. The molecule has 0 saturated carbocycles. The van der Waals surface area contributed by atoms with E-state index >= 15 is 0 Å². The molecule has 2 aromatic rings. The lowest BCUT2D eigenvalue weighted by Crippen LogP contribution is -2.40. The Morgan fingerprint density at radius 1 is 1.04 bits per heavy atom. The van der Waals surface area contributed by atoms with E-state index in [1.165, 1.54) is 16.7 Å². The number of alkyl halides is 1. The highest BCUT2D eigenvalue weighted by atomic mass is 79.9. The Morgan fingerprint density at radius 3 is 2.30 bits per heavy atom. The molecular weight excluding hydrogens is 402 g/mol. The van der Waals surface area contributed by atoms with Gasteiger partial charge in [-0.05, 0) is 63.1 Å². The topological polar surface area (TPSA) is 38.3 Å². The number of aryl methyl sites for hydroxylation is 1. The Labute approximate surface area is 171 Å². The third-order valence-electron chi connectivity index (χ3n) is 4.31. The molecular formula is C23H30BrNO2. The summed E-state index contributed by atoms with van der Waals surface area (Å²) in [5, 5.41) is 3.93. The van der Waals surface area contributed by atoms with Crippen LogP contribution < -0.4 is 5.32 Å². The van der Waals surface area contributed by atoms with Crippen LogP contribution in [0.3, 0.4) is 0 Å². The molecule has 0 aliphatic rings. The van der Waals surface area contributed by atoms with Gasteiger partial charge >= 0.3 is 6.09 Å². The number of hydrogen-bond donors (Lipinski definition) is 1. The highest BCUT2D eigenvalue weighted by Gasteiger charge is 2.19. The van der Waals surface area contributed by atoms with Gasteiger partial charge in [0.1, 0.15) is 5.60 Å². The van der Waals surface area contributed by atoms with Crippen LogP contribution in [0, 0.1) is 0 Å². The molecule has 0 aromatic heterocycles. The van der Waals surface area contributed by atoms with Crippen LogP contribution in [0.15, 0.2) is 54.6 Å². The summed E-state index contributed by atoms with van der Waals surface area (Å²) < 4.78 is 5.45. The van der Waals surface area contributed by atoms with E-state index in [-0.39, 0.29) is 12.1 Å². The van der Waals surface area contributed by atoms with Crippen LogP contribution in [0.2, 0.25) is 0 Å². The van der Waals surface area contributed by atoms with Crippen molar-refractivity contribution in [3.63, 3.8) is 0 Å². The molecule has 1 N–H and O–H groups in total. The third-order valence-corrected chi connectivity index (χ3v) is 4.91. The zero-order valence-electron chi connectivity index (χ0n) is 16.5. The molecule has 0 fully saturated rings. The largest absolute Gasteiger partial charge is 0.444 e.